The lowest BCUT2D eigenvalue weighted by Crippen LogP contribution is -2.49. The summed E-state index contributed by atoms with van der Waals surface area (Å²) in [4.78, 5) is 28.6. The Bertz CT molecular complexity index is 909. The van der Waals surface area contributed by atoms with Crippen molar-refractivity contribution in [3.05, 3.63) is 65.2 Å². The van der Waals surface area contributed by atoms with Gasteiger partial charge in [-0.2, -0.15) is 0 Å². The van der Waals surface area contributed by atoms with Gasteiger partial charge < -0.3 is 24.4 Å². The fourth-order valence-corrected chi connectivity index (χ4v) is 4.12. The van der Waals surface area contributed by atoms with Gasteiger partial charge in [0.25, 0.3) is 0 Å². The Hall–Kier alpha value is -3.06. The molecule has 7 nitrogen and oxygen atoms in total. The molecule has 2 aromatic carbocycles. The third kappa shape index (κ3) is 4.11. The quantitative estimate of drug-likeness (QED) is 0.837. The van der Waals surface area contributed by atoms with E-state index in [1.165, 1.54) is 6.07 Å². The molecule has 0 aliphatic carbocycles. The van der Waals surface area contributed by atoms with E-state index in [1.807, 2.05) is 40.1 Å². The van der Waals surface area contributed by atoms with Gasteiger partial charge in [-0.3, -0.25) is 0 Å². The number of rotatable bonds is 3. The molecule has 0 bridgehead atoms. The van der Waals surface area contributed by atoms with Gasteiger partial charge in [0.05, 0.1) is 24.3 Å². The van der Waals surface area contributed by atoms with E-state index in [2.05, 4.69) is 0 Å². The Morgan fingerprint density at radius 3 is 2.50 bits per heavy atom. The molecule has 30 heavy (non-hydrogen) atoms. The van der Waals surface area contributed by atoms with E-state index in [4.69, 9.17) is 9.47 Å². The minimum absolute atomic E-state index is 0.0304. The van der Waals surface area contributed by atoms with Crippen molar-refractivity contribution >= 4 is 12.0 Å². The van der Waals surface area contributed by atoms with Crippen LogP contribution in [0.1, 0.15) is 40.4 Å². The molecule has 0 saturated carbocycles. The third-order valence-electron chi connectivity index (χ3n) is 5.90. The fraction of sp³-hybridized carbons (Fsp3) is 0.391. The molecule has 1 N–H and O–H groups in total. The molecule has 1 atom stereocenters. The SMILES string of the molecule is COC1CCN(C(=O)N2Cc3ccc(C(=O)O)cc3OC[C@@H]2c2ccccc2)CC1. The zero-order valence-corrected chi connectivity index (χ0v) is 17.0. The van der Waals surface area contributed by atoms with Crippen molar-refractivity contribution in [3.8, 4) is 5.75 Å². The van der Waals surface area contributed by atoms with Gasteiger partial charge in [0.2, 0.25) is 0 Å². The Balaban J connectivity index is 1.64. The first-order valence-corrected chi connectivity index (χ1v) is 10.2. The van der Waals surface area contributed by atoms with Crippen molar-refractivity contribution in [2.24, 2.45) is 0 Å². The average molecular weight is 410 g/mol. The van der Waals surface area contributed by atoms with Crippen molar-refractivity contribution in [2.45, 2.75) is 31.5 Å². The van der Waals surface area contributed by atoms with Crippen LogP contribution in [-0.4, -0.2) is 59.8 Å². The zero-order valence-electron chi connectivity index (χ0n) is 17.0. The van der Waals surface area contributed by atoms with Gasteiger partial charge in [0, 0.05) is 25.8 Å². The van der Waals surface area contributed by atoms with Crippen molar-refractivity contribution in [1.29, 1.82) is 0 Å². The number of urea groups is 1. The summed E-state index contributed by atoms with van der Waals surface area (Å²) in [5, 5.41) is 9.30. The average Bonchev–Trinajstić information content (AvgIpc) is 2.98. The van der Waals surface area contributed by atoms with Gasteiger partial charge in [-0.25, -0.2) is 9.59 Å². The molecule has 0 unspecified atom stereocenters. The van der Waals surface area contributed by atoms with E-state index in [9.17, 15) is 14.7 Å². The lowest BCUT2D eigenvalue weighted by Gasteiger charge is -2.38. The summed E-state index contributed by atoms with van der Waals surface area (Å²) in [6.07, 6.45) is 1.84. The summed E-state index contributed by atoms with van der Waals surface area (Å²) < 4.78 is 11.4. The van der Waals surface area contributed by atoms with Crippen LogP contribution < -0.4 is 4.74 Å². The molecule has 0 aromatic heterocycles. The Kier molecular flexibility index (Phi) is 5.90. The molecule has 7 heteroatoms. The van der Waals surface area contributed by atoms with E-state index in [1.54, 1.807) is 19.2 Å². The fourth-order valence-electron chi connectivity index (χ4n) is 4.12. The number of carbonyl (C=O) groups is 2. The molecule has 0 radical (unpaired) electrons. The second-order valence-electron chi connectivity index (χ2n) is 7.70. The second kappa shape index (κ2) is 8.75. The number of hydrogen-bond donors (Lipinski definition) is 1. The Morgan fingerprint density at radius 1 is 1.10 bits per heavy atom. The minimum Gasteiger partial charge on any atom is -0.491 e. The van der Waals surface area contributed by atoms with Gasteiger partial charge in [-0.05, 0) is 30.5 Å². The number of aromatic carboxylic acids is 1. The highest BCUT2D eigenvalue weighted by molar-refractivity contribution is 5.88. The van der Waals surface area contributed by atoms with Crippen LogP contribution in [0.25, 0.3) is 0 Å². The van der Waals surface area contributed by atoms with E-state index < -0.39 is 5.97 Å². The highest BCUT2D eigenvalue weighted by atomic mass is 16.5. The first-order valence-electron chi connectivity index (χ1n) is 10.2. The lowest BCUT2D eigenvalue weighted by atomic mass is 10.0. The first-order chi connectivity index (χ1) is 14.6. The van der Waals surface area contributed by atoms with E-state index >= 15 is 0 Å². The topological polar surface area (TPSA) is 79.3 Å². The van der Waals surface area contributed by atoms with Gasteiger partial charge in [-0.15, -0.1) is 0 Å². The Morgan fingerprint density at radius 2 is 1.83 bits per heavy atom. The number of piperidine rings is 1. The van der Waals surface area contributed by atoms with E-state index in [0.717, 1.165) is 24.0 Å². The van der Waals surface area contributed by atoms with Crippen molar-refractivity contribution in [1.82, 2.24) is 9.80 Å². The number of likely N-dealkylation sites (tertiary alicyclic amines) is 1. The summed E-state index contributed by atoms with van der Waals surface area (Å²) in [6.45, 7) is 1.93. The van der Waals surface area contributed by atoms with Crippen molar-refractivity contribution in [2.75, 3.05) is 26.8 Å². The molecule has 2 aliphatic rings. The molecular weight excluding hydrogens is 384 g/mol. The lowest BCUT2D eigenvalue weighted by molar-refractivity contribution is 0.0398. The number of methoxy groups -OCH3 is 1. The number of carboxylic acids is 1. The number of carbonyl (C=O) groups excluding carboxylic acids is 1. The standard InChI is InChI=1S/C23H26N2O5/c1-29-19-9-11-24(12-10-19)23(28)25-14-18-8-7-17(22(26)27)13-21(18)30-15-20(25)16-5-3-2-4-6-16/h2-8,13,19-20H,9-12,14-15H2,1H3,(H,26,27)/t20-/m1/s1. The number of amides is 2. The van der Waals surface area contributed by atoms with Crippen LogP contribution in [0.4, 0.5) is 4.79 Å². The predicted octanol–water partition coefficient (Wildman–Crippen LogP) is 3.55. The highest BCUT2D eigenvalue weighted by Gasteiger charge is 2.34. The van der Waals surface area contributed by atoms with Crippen LogP contribution in [0.3, 0.4) is 0 Å². The second-order valence-corrected chi connectivity index (χ2v) is 7.70. The molecule has 1 saturated heterocycles. The summed E-state index contributed by atoms with van der Waals surface area (Å²) in [5.74, 6) is -0.483. The number of fused-ring (bicyclic) bond motifs is 1. The number of benzene rings is 2. The van der Waals surface area contributed by atoms with Crippen LogP contribution in [0.15, 0.2) is 48.5 Å². The maximum atomic E-state index is 13.5. The normalized spacial score (nSPS) is 19.6. The van der Waals surface area contributed by atoms with Crippen LogP contribution in [-0.2, 0) is 11.3 Å². The maximum Gasteiger partial charge on any atom is 0.335 e. The molecule has 2 aromatic rings. The smallest absolute Gasteiger partial charge is 0.335 e. The van der Waals surface area contributed by atoms with Crippen LogP contribution in [0.5, 0.6) is 5.75 Å². The summed E-state index contributed by atoms with van der Waals surface area (Å²) in [7, 11) is 1.71. The van der Waals surface area contributed by atoms with Gasteiger partial charge in [0.15, 0.2) is 0 Å². The Labute approximate surface area is 175 Å². The maximum absolute atomic E-state index is 13.5. The van der Waals surface area contributed by atoms with Gasteiger partial charge in [0.1, 0.15) is 12.4 Å². The predicted molar refractivity (Wildman–Crippen MR) is 111 cm³/mol. The van der Waals surface area contributed by atoms with Crippen LogP contribution in [0.2, 0.25) is 0 Å². The number of ether oxygens (including phenoxy) is 2. The van der Waals surface area contributed by atoms with Crippen molar-refractivity contribution < 1.29 is 24.2 Å². The molecule has 1 fully saturated rings. The summed E-state index contributed by atoms with van der Waals surface area (Å²) in [5.41, 5.74) is 1.97. The monoisotopic (exact) mass is 410 g/mol. The van der Waals surface area contributed by atoms with E-state index in [0.29, 0.717) is 25.4 Å². The van der Waals surface area contributed by atoms with Crippen LogP contribution >= 0.6 is 0 Å². The molecule has 0 spiro atoms. The van der Waals surface area contributed by atoms with Gasteiger partial charge in [-0.1, -0.05) is 36.4 Å². The highest BCUT2D eigenvalue weighted by Crippen LogP contribution is 2.33. The summed E-state index contributed by atoms with van der Waals surface area (Å²) in [6, 6.07) is 14.4. The third-order valence-corrected chi connectivity index (χ3v) is 5.90. The molecule has 158 valence electrons. The number of hydrogen-bond acceptors (Lipinski definition) is 4. The number of nitrogens with zero attached hydrogens (tertiary/aromatic N) is 2. The molecule has 2 amide bonds. The summed E-state index contributed by atoms with van der Waals surface area (Å²) >= 11 is 0. The van der Waals surface area contributed by atoms with Crippen LogP contribution in [0, 0.1) is 0 Å². The van der Waals surface area contributed by atoms with Gasteiger partial charge >= 0.3 is 12.0 Å². The van der Waals surface area contributed by atoms with E-state index in [-0.39, 0.29) is 30.3 Å². The molecular formula is C23H26N2O5. The van der Waals surface area contributed by atoms with Crippen molar-refractivity contribution in [3.63, 3.8) is 0 Å². The number of carboxylic acid groups (broad SMARTS) is 1. The molecule has 4 rings (SSSR count). The minimum atomic E-state index is -1.00. The first kappa shape index (κ1) is 20.2. The zero-order chi connectivity index (χ0) is 21.1. The largest absolute Gasteiger partial charge is 0.491 e. The molecule has 2 aliphatic heterocycles. The molecule has 2 heterocycles.